The van der Waals surface area contributed by atoms with Crippen molar-refractivity contribution in [2.24, 2.45) is 0 Å². The van der Waals surface area contributed by atoms with E-state index in [1.807, 2.05) is 0 Å². The maximum atomic E-state index is 5.03. The fourth-order valence-corrected chi connectivity index (χ4v) is 2.63. The average Bonchev–Trinajstić information content (AvgIpc) is 2.74. The Morgan fingerprint density at radius 1 is 0.900 bits per heavy atom. The third-order valence-corrected chi connectivity index (χ3v) is 4.49. The largest absolute Gasteiger partial charge is 0.345 e. The Morgan fingerprint density at radius 3 is 1.85 bits per heavy atom. The summed E-state index contributed by atoms with van der Waals surface area (Å²) in [7, 11) is 0. The normalized spacial score (nSPS) is 13.8. The highest BCUT2D eigenvalue weighted by atomic mass is 15.0. The van der Waals surface area contributed by atoms with E-state index >= 15 is 0 Å². The van der Waals surface area contributed by atoms with Crippen LogP contribution < -0.4 is 0 Å². The minimum Gasteiger partial charge on any atom is -0.345 e. The standard InChI is InChI=1S/C18H34N2/c1-10-12-18(8,9)14-13(17(6,7)11-2)19-15(20-14)16(3,4)5/h10-12H2,1-9H3,(H,19,20). The van der Waals surface area contributed by atoms with E-state index < -0.39 is 0 Å². The molecule has 0 aliphatic heterocycles. The van der Waals surface area contributed by atoms with Crippen LogP contribution in [0.25, 0.3) is 0 Å². The molecule has 0 radical (unpaired) electrons. The van der Waals surface area contributed by atoms with E-state index in [1.165, 1.54) is 24.2 Å². The van der Waals surface area contributed by atoms with Crippen LogP contribution in [0.1, 0.15) is 98.8 Å². The second-order valence-corrected chi connectivity index (χ2v) is 8.43. The SMILES string of the molecule is CCCC(C)(C)c1nc(C(C)(C)C)[nH]c1C(C)(C)CC. The van der Waals surface area contributed by atoms with Gasteiger partial charge >= 0.3 is 0 Å². The van der Waals surface area contributed by atoms with E-state index in [2.05, 4.69) is 67.3 Å². The van der Waals surface area contributed by atoms with Gasteiger partial charge in [0.1, 0.15) is 5.82 Å². The van der Waals surface area contributed by atoms with E-state index in [-0.39, 0.29) is 16.2 Å². The van der Waals surface area contributed by atoms with Crippen molar-refractivity contribution in [2.75, 3.05) is 0 Å². The molecule has 0 saturated carbocycles. The molecule has 1 aromatic heterocycles. The lowest BCUT2D eigenvalue weighted by atomic mass is 9.76. The Morgan fingerprint density at radius 2 is 1.45 bits per heavy atom. The summed E-state index contributed by atoms with van der Waals surface area (Å²) in [6.45, 7) is 20.5. The van der Waals surface area contributed by atoms with Crippen molar-refractivity contribution in [3.05, 3.63) is 17.2 Å². The van der Waals surface area contributed by atoms with Crippen molar-refractivity contribution in [3.8, 4) is 0 Å². The first-order chi connectivity index (χ1) is 8.95. The van der Waals surface area contributed by atoms with Gasteiger partial charge in [-0.15, -0.1) is 0 Å². The highest BCUT2D eigenvalue weighted by Gasteiger charge is 2.35. The first kappa shape index (κ1) is 17.3. The average molecular weight is 278 g/mol. The van der Waals surface area contributed by atoms with Crippen molar-refractivity contribution in [3.63, 3.8) is 0 Å². The Labute approximate surface area is 125 Å². The smallest absolute Gasteiger partial charge is 0.112 e. The lowest BCUT2D eigenvalue weighted by Crippen LogP contribution is -2.26. The Bertz CT molecular complexity index is 444. The summed E-state index contributed by atoms with van der Waals surface area (Å²) in [5.41, 5.74) is 2.96. The summed E-state index contributed by atoms with van der Waals surface area (Å²) >= 11 is 0. The van der Waals surface area contributed by atoms with Gasteiger partial charge in [0.2, 0.25) is 0 Å². The highest BCUT2D eigenvalue weighted by molar-refractivity contribution is 5.30. The van der Waals surface area contributed by atoms with E-state index in [4.69, 9.17) is 4.98 Å². The molecule has 1 rings (SSSR count). The molecule has 2 heteroatoms. The molecule has 0 saturated heterocycles. The molecule has 0 atom stereocenters. The molecule has 0 amide bonds. The molecule has 1 aromatic rings. The fraction of sp³-hybridized carbons (Fsp3) is 0.833. The van der Waals surface area contributed by atoms with E-state index in [0.717, 1.165) is 12.2 Å². The van der Waals surface area contributed by atoms with Gasteiger partial charge in [0.05, 0.1) is 5.69 Å². The summed E-state index contributed by atoms with van der Waals surface area (Å²) in [6.07, 6.45) is 3.49. The quantitative estimate of drug-likeness (QED) is 0.760. The number of nitrogens with one attached hydrogen (secondary N) is 1. The van der Waals surface area contributed by atoms with E-state index in [1.54, 1.807) is 0 Å². The van der Waals surface area contributed by atoms with Crippen LogP contribution in [0, 0.1) is 0 Å². The third kappa shape index (κ3) is 3.45. The van der Waals surface area contributed by atoms with Crippen LogP contribution in [-0.4, -0.2) is 9.97 Å². The van der Waals surface area contributed by atoms with Crippen molar-refractivity contribution in [1.29, 1.82) is 0 Å². The van der Waals surface area contributed by atoms with Gasteiger partial charge in [0.15, 0.2) is 0 Å². The molecule has 0 fully saturated rings. The van der Waals surface area contributed by atoms with Crippen molar-refractivity contribution in [2.45, 2.75) is 97.8 Å². The van der Waals surface area contributed by atoms with Crippen LogP contribution in [0.3, 0.4) is 0 Å². The summed E-state index contributed by atoms with van der Waals surface area (Å²) < 4.78 is 0. The minimum absolute atomic E-state index is 0.0686. The van der Waals surface area contributed by atoms with Gasteiger partial charge in [-0.1, -0.05) is 68.7 Å². The molecule has 2 nitrogen and oxygen atoms in total. The Hall–Kier alpha value is -0.790. The van der Waals surface area contributed by atoms with E-state index in [0.29, 0.717) is 0 Å². The molecule has 0 spiro atoms. The molecule has 20 heavy (non-hydrogen) atoms. The zero-order valence-electron chi connectivity index (χ0n) is 15.1. The number of hydrogen-bond acceptors (Lipinski definition) is 1. The first-order valence-electron chi connectivity index (χ1n) is 8.07. The van der Waals surface area contributed by atoms with Crippen LogP contribution in [0.2, 0.25) is 0 Å². The lowest BCUT2D eigenvalue weighted by molar-refractivity contribution is 0.426. The predicted molar refractivity (Wildman–Crippen MR) is 88.5 cm³/mol. The molecule has 0 aliphatic carbocycles. The predicted octanol–water partition coefficient (Wildman–Crippen LogP) is 5.47. The number of imidazole rings is 1. The maximum absolute atomic E-state index is 5.03. The molecule has 116 valence electrons. The van der Waals surface area contributed by atoms with Crippen LogP contribution in [-0.2, 0) is 16.2 Å². The Kier molecular flexibility index (Phi) is 4.78. The van der Waals surface area contributed by atoms with Gasteiger partial charge in [-0.3, -0.25) is 0 Å². The second-order valence-electron chi connectivity index (χ2n) is 8.43. The Balaban J connectivity index is 3.45. The summed E-state index contributed by atoms with van der Waals surface area (Å²) in [4.78, 5) is 8.70. The second kappa shape index (κ2) is 5.54. The number of aromatic amines is 1. The van der Waals surface area contributed by atoms with Crippen molar-refractivity contribution >= 4 is 0 Å². The molecule has 0 aromatic carbocycles. The third-order valence-electron chi connectivity index (χ3n) is 4.49. The molecule has 0 bridgehead atoms. The van der Waals surface area contributed by atoms with Crippen molar-refractivity contribution < 1.29 is 0 Å². The molecule has 1 heterocycles. The maximum Gasteiger partial charge on any atom is 0.112 e. The van der Waals surface area contributed by atoms with Gasteiger partial charge < -0.3 is 4.98 Å². The number of hydrogen-bond donors (Lipinski definition) is 1. The van der Waals surface area contributed by atoms with Gasteiger partial charge in [0.25, 0.3) is 0 Å². The molecular weight excluding hydrogens is 244 g/mol. The van der Waals surface area contributed by atoms with Gasteiger partial charge in [-0.05, 0) is 12.8 Å². The lowest BCUT2D eigenvalue weighted by Gasteiger charge is -2.29. The van der Waals surface area contributed by atoms with Gasteiger partial charge in [-0.25, -0.2) is 4.98 Å². The fourth-order valence-electron chi connectivity index (χ4n) is 2.63. The van der Waals surface area contributed by atoms with Gasteiger partial charge in [-0.2, -0.15) is 0 Å². The summed E-state index contributed by atoms with van der Waals surface area (Å²) in [5, 5.41) is 0. The zero-order valence-corrected chi connectivity index (χ0v) is 15.1. The number of nitrogens with zero attached hydrogens (tertiary/aromatic N) is 1. The minimum atomic E-state index is 0.0686. The van der Waals surface area contributed by atoms with E-state index in [9.17, 15) is 0 Å². The number of aromatic nitrogens is 2. The number of rotatable bonds is 5. The van der Waals surface area contributed by atoms with Crippen LogP contribution in [0.15, 0.2) is 0 Å². The molecule has 1 N–H and O–H groups in total. The zero-order chi connectivity index (χ0) is 15.8. The molecule has 0 aliphatic rings. The van der Waals surface area contributed by atoms with Crippen molar-refractivity contribution in [1.82, 2.24) is 9.97 Å². The number of H-pyrrole nitrogens is 1. The van der Waals surface area contributed by atoms with Crippen LogP contribution in [0.5, 0.6) is 0 Å². The summed E-state index contributed by atoms with van der Waals surface area (Å²) in [5.74, 6) is 1.12. The molecule has 0 unspecified atom stereocenters. The monoisotopic (exact) mass is 278 g/mol. The van der Waals surface area contributed by atoms with Crippen LogP contribution >= 0.6 is 0 Å². The first-order valence-corrected chi connectivity index (χ1v) is 8.07. The topological polar surface area (TPSA) is 28.7 Å². The summed E-state index contributed by atoms with van der Waals surface area (Å²) in [6, 6.07) is 0. The van der Waals surface area contributed by atoms with Gasteiger partial charge in [0, 0.05) is 21.9 Å². The van der Waals surface area contributed by atoms with Crippen LogP contribution in [0.4, 0.5) is 0 Å². The highest BCUT2D eigenvalue weighted by Crippen LogP contribution is 2.38. The molecular formula is C18H34N2.